The fourth-order valence-corrected chi connectivity index (χ4v) is 6.09. The zero-order valence-electron chi connectivity index (χ0n) is 19.8. The number of hydrogen-bond donors (Lipinski definition) is 7. The molecule has 1 aliphatic heterocycles. The summed E-state index contributed by atoms with van der Waals surface area (Å²) in [5.41, 5.74) is 1.20. The zero-order valence-corrected chi connectivity index (χ0v) is 21.4. The van der Waals surface area contributed by atoms with Crippen molar-refractivity contribution in [2.75, 3.05) is 16.3 Å². The monoisotopic (exact) mass is 536 g/mol. The van der Waals surface area contributed by atoms with Crippen molar-refractivity contribution in [1.29, 1.82) is 0 Å². The van der Waals surface area contributed by atoms with Crippen LogP contribution in [0.15, 0.2) is 57.3 Å². The maximum absolute atomic E-state index is 13.9. The topological polar surface area (TPSA) is 181 Å². The van der Waals surface area contributed by atoms with Crippen LogP contribution in [0.4, 0.5) is 11.4 Å². The van der Waals surface area contributed by atoms with Gasteiger partial charge in [0, 0.05) is 5.56 Å². The van der Waals surface area contributed by atoms with E-state index >= 15 is 0 Å². The molecular weight excluding hydrogens is 508 g/mol. The van der Waals surface area contributed by atoms with Crippen molar-refractivity contribution in [1.82, 2.24) is 5.48 Å². The largest absolute Gasteiger partial charge is 0.506 e. The number of benzene rings is 2. The van der Waals surface area contributed by atoms with E-state index in [2.05, 4.69) is 19.9 Å². The lowest BCUT2D eigenvalue weighted by molar-refractivity contribution is -0.127. The molecule has 1 aliphatic carbocycles. The highest BCUT2D eigenvalue weighted by molar-refractivity contribution is 8.23. The van der Waals surface area contributed by atoms with Crippen LogP contribution in [0.5, 0.6) is 0 Å². The van der Waals surface area contributed by atoms with Gasteiger partial charge >= 0.3 is 0 Å². The van der Waals surface area contributed by atoms with Crippen LogP contribution in [0.2, 0.25) is 0 Å². The van der Waals surface area contributed by atoms with E-state index < -0.39 is 37.9 Å². The summed E-state index contributed by atoms with van der Waals surface area (Å²) >= 11 is 0. The first-order valence-corrected chi connectivity index (χ1v) is 14.4. The van der Waals surface area contributed by atoms with Crippen LogP contribution in [0.25, 0.3) is 5.76 Å². The fraction of sp³-hybridized carbons (Fsp3) is 0.304. The van der Waals surface area contributed by atoms with Gasteiger partial charge in [0.2, 0.25) is 10.0 Å². The molecule has 1 heterocycles. The number of amidine groups is 1. The molecule has 13 heteroatoms. The van der Waals surface area contributed by atoms with Crippen molar-refractivity contribution in [2.24, 2.45) is 10.3 Å². The van der Waals surface area contributed by atoms with Crippen LogP contribution in [0.3, 0.4) is 0 Å². The molecule has 11 nitrogen and oxygen atoms in total. The van der Waals surface area contributed by atoms with Crippen molar-refractivity contribution >= 4 is 49.6 Å². The summed E-state index contributed by atoms with van der Waals surface area (Å²) in [6, 6.07) is 10.6. The molecule has 0 radical (unpaired) electrons. The first-order valence-electron chi connectivity index (χ1n) is 11.1. The Hall–Kier alpha value is -2.94. The fourth-order valence-electron chi connectivity index (χ4n) is 4.34. The highest BCUT2D eigenvalue weighted by atomic mass is 32.3. The molecule has 0 amide bonds. The Morgan fingerprint density at radius 2 is 1.86 bits per heavy atom. The van der Waals surface area contributed by atoms with E-state index in [0.717, 1.165) is 6.26 Å². The van der Waals surface area contributed by atoms with Crippen LogP contribution < -0.4 is 15.5 Å². The highest BCUT2D eigenvalue weighted by Crippen LogP contribution is 2.57. The number of carbonyl (C=O) groups excluding carboxylic acids is 1. The second-order valence-electron chi connectivity index (χ2n) is 9.22. The summed E-state index contributed by atoms with van der Waals surface area (Å²) in [6.07, 6.45) is 1.73. The number of hydroxylamine groups is 1. The lowest BCUT2D eigenvalue weighted by atomic mass is 9.71. The highest BCUT2D eigenvalue weighted by Gasteiger charge is 2.49. The van der Waals surface area contributed by atoms with Gasteiger partial charge in [-0.05, 0) is 42.5 Å². The van der Waals surface area contributed by atoms with Gasteiger partial charge in [-0.25, -0.2) is 8.42 Å². The molecule has 4 rings (SSSR count). The van der Waals surface area contributed by atoms with E-state index in [1.165, 1.54) is 18.2 Å². The third-order valence-corrected chi connectivity index (χ3v) is 8.04. The molecule has 7 N–H and O–H groups in total. The quantitative estimate of drug-likeness (QED) is 0.257. The Balaban J connectivity index is 1.85. The van der Waals surface area contributed by atoms with E-state index in [-0.39, 0.29) is 45.6 Å². The first-order chi connectivity index (χ1) is 16.8. The Morgan fingerprint density at radius 1 is 1.17 bits per heavy atom. The number of anilines is 2. The van der Waals surface area contributed by atoms with Crippen LogP contribution in [0, 0.1) is 5.92 Å². The van der Waals surface area contributed by atoms with Crippen LogP contribution in [-0.4, -0.2) is 45.7 Å². The van der Waals surface area contributed by atoms with Gasteiger partial charge in [-0.15, -0.1) is 4.40 Å². The molecule has 0 fully saturated rings. The van der Waals surface area contributed by atoms with Crippen molar-refractivity contribution in [3.05, 3.63) is 59.2 Å². The van der Waals surface area contributed by atoms with Crippen molar-refractivity contribution in [3.8, 4) is 0 Å². The number of aliphatic hydroxyl groups excluding tert-OH is 1. The summed E-state index contributed by atoms with van der Waals surface area (Å²) in [5, 5.41) is 24.3. The molecule has 0 saturated heterocycles. The third kappa shape index (κ3) is 4.61. The SMILES string of the molecule is CC(C)CCC1(NO)C(=O)C(C2=NS(O)(O)c3cc(NS(C)(=O)=O)ccc3N2)=C(O)c2ccccc21. The minimum atomic E-state index is -3.90. The number of ketones is 1. The average Bonchev–Trinajstić information content (AvgIpc) is 2.78. The van der Waals surface area contributed by atoms with E-state index in [9.17, 15) is 32.6 Å². The number of nitrogens with one attached hydrogen (secondary N) is 3. The van der Waals surface area contributed by atoms with Crippen molar-refractivity contribution in [2.45, 2.75) is 37.1 Å². The third-order valence-electron chi connectivity index (χ3n) is 6.07. The molecule has 0 saturated carbocycles. The normalized spacial score (nSPS) is 21.9. The van der Waals surface area contributed by atoms with E-state index in [1.807, 2.05) is 13.8 Å². The predicted molar refractivity (Wildman–Crippen MR) is 139 cm³/mol. The van der Waals surface area contributed by atoms with Crippen molar-refractivity contribution < 1.29 is 32.6 Å². The number of fused-ring (bicyclic) bond motifs is 2. The maximum Gasteiger partial charge on any atom is 0.229 e. The summed E-state index contributed by atoms with van der Waals surface area (Å²) in [4.78, 5) is 13.8. The zero-order chi connectivity index (χ0) is 26.5. The Bertz CT molecular complexity index is 1400. The van der Waals surface area contributed by atoms with E-state index in [0.29, 0.717) is 12.0 Å². The number of sulfonamides is 1. The van der Waals surface area contributed by atoms with Gasteiger partial charge in [-0.3, -0.25) is 18.6 Å². The summed E-state index contributed by atoms with van der Waals surface area (Å²) in [6.45, 7) is 3.95. The van der Waals surface area contributed by atoms with E-state index in [1.54, 1.807) is 24.3 Å². The second kappa shape index (κ2) is 9.18. The molecule has 0 aromatic heterocycles. The summed E-state index contributed by atoms with van der Waals surface area (Å²) < 4.78 is 51.0. The average molecular weight is 537 g/mol. The Kier molecular flexibility index (Phi) is 6.66. The lowest BCUT2D eigenvalue weighted by Crippen LogP contribution is -2.52. The number of carbonyl (C=O) groups is 1. The Labute approximate surface area is 210 Å². The molecule has 1 atom stereocenters. The molecule has 2 aromatic carbocycles. The van der Waals surface area contributed by atoms with E-state index in [4.69, 9.17) is 0 Å². The van der Waals surface area contributed by atoms with Gasteiger partial charge in [0.25, 0.3) is 0 Å². The minimum absolute atomic E-state index is 0.0880. The van der Waals surface area contributed by atoms with Gasteiger partial charge in [0.05, 0.1) is 17.6 Å². The summed E-state index contributed by atoms with van der Waals surface area (Å²) in [5.74, 6) is -1.20. The Morgan fingerprint density at radius 3 is 2.50 bits per heavy atom. The molecule has 2 aromatic rings. The molecule has 1 unspecified atom stereocenters. The smallest absolute Gasteiger partial charge is 0.229 e. The maximum atomic E-state index is 13.9. The van der Waals surface area contributed by atoms with Crippen LogP contribution in [-0.2, 0) is 20.4 Å². The number of aliphatic hydroxyl groups is 1. The molecule has 194 valence electrons. The number of Topliss-reactive ketones (excluding diaryl/α,β-unsaturated/α-hetero) is 1. The van der Waals surface area contributed by atoms with Gasteiger partial charge in [0.15, 0.2) is 11.6 Å². The van der Waals surface area contributed by atoms with Gasteiger partial charge < -0.3 is 15.6 Å². The minimum Gasteiger partial charge on any atom is -0.506 e. The van der Waals surface area contributed by atoms with Crippen molar-refractivity contribution in [3.63, 3.8) is 0 Å². The summed E-state index contributed by atoms with van der Waals surface area (Å²) in [7, 11) is -7.52. The van der Waals surface area contributed by atoms with Gasteiger partial charge in [-0.2, -0.15) is 5.48 Å². The molecule has 2 aliphatic rings. The standard InChI is InChI=1S/C23H28N4O7S2/c1-13(2)10-11-23(27-30)16-7-5-4-6-15(16)20(28)19(21(23)29)22-24-17-9-8-14(25-35(3,31)32)12-18(17)36(33,34)26-22/h4-9,12-13,25,27-28,30,33-34H,10-11H2,1-3H3,(H,24,26). The van der Waals surface area contributed by atoms with Crippen LogP contribution >= 0.6 is 10.8 Å². The number of nitrogens with zero attached hydrogens (tertiary/aromatic N) is 1. The second-order valence-corrected chi connectivity index (χ2v) is 12.6. The van der Waals surface area contributed by atoms with Gasteiger partial charge in [0.1, 0.15) is 21.8 Å². The molecule has 0 spiro atoms. The molecule has 36 heavy (non-hydrogen) atoms. The van der Waals surface area contributed by atoms with Crippen LogP contribution in [0.1, 0.15) is 37.8 Å². The first kappa shape index (κ1) is 26.1. The molecular formula is C23H28N4O7S2. The van der Waals surface area contributed by atoms with Gasteiger partial charge in [-0.1, -0.05) is 48.9 Å². The molecule has 0 bridgehead atoms. The number of rotatable bonds is 7. The number of hydrogen-bond acceptors (Lipinski definition) is 10. The predicted octanol–water partition coefficient (Wildman–Crippen LogP) is 4.07. The lowest BCUT2D eigenvalue weighted by Gasteiger charge is -2.40.